The summed E-state index contributed by atoms with van der Waals surface area (Å²) in [6, 6.07) is 15.3. The van der Waals surface area contributed by atoms with Gasteiger partial charge in [0.05, 0.1) is 5.92 Å². The number of amides is 1. The summed E-state index contributed by atoms with van der Waals surface area (Å²) in [5.41, 5.74) is 2.60. The molecule has 5 nitrogen and oxygen atoms in total. The van der Waals surface area contributed by atoms with Gasteiger partial charge in [0.1, 0.15) is 6.61 Å². The van der Waals surface area contributed by atoms with Gasteiger partial charge >= 0.3 is 56.5 Å². The van der Waals surface area contributed by atoms with Crippen LogP contribution in [0.2, 0.25) is 0 Å². The van der Waals surface area contributed by atoms with Gasteiger partial charge in [-0.25, -0.2) is 0 Å². The Morgan fingerprint density at radius 3 is 2.43 bits per heavy atom. The Hall–Kier alpha value is -1.02. The Morgan fingerprint density at radius 2 is 1.80 bits per heavy atom. The van der Waals surface area contributed by atoms with Crippen molar-refractivity contribution in [1.82, 2.24) is 4.98 Å². The average Bonchev–Trinajstić information content (AvgIpc) is 2.74. The predicted molar refractivity (Wildman–Crippen MR) is 133 cm³/mol. The van der Waals surface area contributed by atoms with Crippen molar-refractivity contribution in [2.45, 2.75) is 32.8 Å². The van der Waals surface area contributed by atoms with E-state index in [-0.39, 0.29) is 24.4 Å². The van der Waals surface area contributed by atoms with E-state index in [0.717, 1.165) is 27.6 Å². The summed E-state index contributed by atoms with van der Waals surface area (Å²) < 4.78 is 4.99. The van der Waals surface area contributed by atoms with Gasteiger partial charge in [0.15, 0.2) is 0 Å². The van der Waals surface area contributed by atoms with Gasteiger partial charge in [-0.3, -0.25) is 14.6 Å². The van der Waals surface area contributed by atoms with Crippen molar-refractivity contribution >= 4 is 65.6 Å². The molecule has 160 valence electrons. The fourth-order valence-corrected chi connectivity index (χ4v) is 2.99. The minimum absolute atomic E-state index is 0.0429. The second-order valence-electron chi connectivity index (χ2n) is 6.46. The molecular weight excluding hydrogens is 721 g/mol. The summed E-state index contributed by atoms with van der Waals surface area (Å²) in [4.78, 5) is 27.8. The number of esters is 1. The van der Waals surface area contributed by atoms with Crippen molar-refractivity contribution in [1.29, 1.82) is 0 Å². The van der Waals surface area contributed by atoms with Crippen molar-refractivity contribution in [3.63, 3.8) is 0 Å². The van der Waals surface area contributed by atoms with Crippen molar-refractivity contribution in [3.05, 3.63) is 72.1 Å². The second-order valence-corrected chi connectivity index (χ2v) is 22.7. The summed E-state index contributed by atoms with van der Waals surface area (Å²) in [5, 5.41) is 5.08. The molecule has 3 aromatic rings. The number of aromatic nitrogens is 1. The summed E-state index contributed by atoms with van der Waals surface area (Å²) >= 11 is 5.30. The van der Waals surface area contributed by atoms with Gasteiger partial charge in [-0.1, -0.05) is 37.3 Å². The fourth-order valence-electron chi connectivity index (χ4n) is 2.99. The molecule has 8 heteroatoms. The van der Waals surface area contributed by atoms with E-state index in [0.29, 0.717) is 19.7 Å². The molecule has 30 heavy (non-hydrogen) atoms. The van der Waals surface area contributed by atoms with E-state index >= 15 is 0 Å². The van der Waals surface area contributed by atoms with Crippen LogP contribution in [0.1, 0.15) is 37.3 Å². The van der Waals surface area contributed by atoms with E-state index in [4.69, 9.17) is 4.74 Å². The van der Waals surface area contributed by atoms with Crippen molar-refractivity contribution in [3.8, 4) is 0 Å². The van der Waals surface area contributed by atoms with E-state index < -0.39 is 0 Å². The molecule has 0 aliphatic rings. The molecule has 0 saturated heterocycles. The van der Waals surface area contributed by atoms with Crippen molar-refractivity contribution in [2.24, 2.45) is 0 Å². The monoisotopic (exact) mass is 743 g/mol. The molecule has 0 aliphatic heterocycles. The molecule has 0 fully saturated rings. The number of carbonyl (C=O) groups excluding carboxylic acids is 2. The third-order valence-electron chi connectivity index (χ3n) is 4.46. The maximum absolute atomic E-state index is 12.8. The number of pyridine rings is 1. The first-order chi connectivity index (χ1) is 14.5. The van der Waals surface area contributed by atoms with E-state index in [2.05, 4.69) is 47.5 Å². The summed E-state index contributed by atoms with van der Waals surface area (Å²) in [7, 11) is 0. The molecule has 0 spiro atoms. The van der Waals surface area contributed by atoms with Gasteiger partial charge in [-0.05, 0) is 41.1 Å². The number of carbonyl (C=O) groups is 2. The number of benzene rings is 2. The molecule has 1 N–H and O–H groups in total. The summed E-state index contributed by atoms with van der Waals surface area (Å²) in [6.07, 6.45) is 4.22. The van der Waals surface area contributed by atoms with E-state index in [1.165, 1.54) is 6.92 Å². The number of anilines is 1. The topological polar surface area (TPSA) is 68.3 Å². The summed E-state index contributed by atoms with van der Waals surface area (Å²) in [5.74, 6) is -0.601. The predicted octanol–water partition coefficient (Wildman–Crippen LogP) is 3.21. The Labute approximate surface area is 206 Å². The molecular formula is C22H22I3N2O3-. The van der Waals surface area contributed by atoms with Crippen LogP contribution in [0.3, 0.4) is 0 Å². The van der Waals surface area contributed by atoms with Crippen LogP contribution < -0.4 is 18.6 Å². The molecule has 0 aliphatic carbocycles. The number of hydrogen-bond donors (Lipinski definition) is 1. The number of fused-ring (bicyclic) bond motifs is 1. The Balaban J connectivity index is 0.00000101. The number of hydrogen-bond acceptors (Lipinski definition) is 4. The summed E-state index contributed by atoms with van der Waals surface area (Å²) in [6.45, 7) is 3.61. The molecule has 3 rings (SSSR count). The van der Waals surface area contributed by atoms with Gasteiger partial charge in [0.25, 0.3) is 0 Å². The van der Waals surface area contributed by atoms with Crippen LogP contribution in [0.5, 0.6) is 0 Å². The first-order valence-electron chi connectivity index (χ1n) is 9.22. The normalized spacial score (nSPS) is 11.3. The molecule has 1 atom stereocenters. The third-order valence-corrected chi connectivity index (χ3v) is 4.46. The molecule has 0 bridgehead atoms. The van der Waals surface area contributed by atoms with Crippen LogP contribution in [-0.2, 0) is 20.9 Å². The number of rotatable bonds is 6. The first kappa shape index (κ1) is 25.2. The molecule has 2 aromatic carbocycles. The van der Waals surface area contributed by atoms with Crippen LogP contribution >= 0.6 is 37.2 Å². The van der Waals surface area contributed by atoms with Crippen LogP contribution in [-0.4, -0.2) is 16.9 Å². The van der Waals surface area contributed by atoms with Crippen molar-refractivity contribution in [2.75, 3.05) is 5.32 Å². The standard InChI is InChI=1S/C22H22N2O3.I3/c1-3-21(17-6-4-16(5-7-17)14-27-15(2)25)22(26)24-20-9-8-19-13-23-11-10-18(19)12-20;1-3-2/h4-13,21H,3,14H2,1-2H3,(H,24,26);/q;-1/t21-;/m1./s1. The molecule has 0 radical (unpaired) electrons. The molecule has 0 unspecified atom stereocenters. The number of nitrogens with zero attached hydrogens (tertiary/aromatic N) is 1. The second kappa shape index (κ2) is 13.4. The van der Waals surface area contributed by atoms with Gasteiger partial charge in [-0.2, -0.15) is 0 Å². The fraction of sp³-hybridized carbons (Fsp3) is 0.227. The van der Waals surface area contributed by atoms with Gasteiger partial charge in [0, 0.05) is 30.4 Å². The zero-order valence-electron chi connectivity index (χ0n) is 16.6. The first-order valence-corrected chi connectivity index (χ1v) is 21.8. The SMILES string of the molecule is CC[C@@H](C(=O)Nc1ccc2cnccc2c1)c1ccc(COC(C)=O)cc1.I[I-]I. The van der Waals surface area contributed by atoms with E-state index in [1.54, 1.807) is 12.4 Å². The van der Waals surface area contributed by atoms with Gasteiger partial charge in [0.2, 0.25) is 5.91 Å². The van der Waals surface area contributed by atoms with E-state index in [9.17, 15) is 9.59 Å². The van der Waals surface area contributed by atoms with Gasteiger partial charge in [-0.15, -0.1) is 0 Å². The van der Waals surface area contributed by atoms with Crippen LogP contribution in [0.15, 0.2) is 60.9 Å². The zero-order chi connectivity index (χ0) is 21.9. The molecule has 1 amide bonds. The molecule has 1 heterocycles. The van der Waals surface area contributed by atoms with Crippen LogP contribution in [0.25, 0.3) is 10.8 Å². The average molecular weight is 743 g/mol. The van der Waals surface area contributed by atoms with Gasteiger partial charge < -0.3 is 10.1 Å². The van der Waals surface area contributed by atoms with E-state index in [1.807, 2.05) is 55.5 Å². The number of nitrogens with one attached hydrogen (secondary N) is 1. The Bertz CT molecular complexity index is 981. The zero-order valence-corrected chi connectivity index (χ0v) is 23.0. The Kier molecular flexibility index (Phi) is 11.3. The maximum atomic E-state index is 12.8. The van der Waals surface area contributed by atoms with Crippen LogP contribution in [0.4, 0.5) is 5.69 Å². The van der Waals surface area contributed by atoms with Crippen molar-refractivity contribution < 1.29 is 27.6 Å². The number of halogens is 3. The quantitative estimate of drug-likeness (QED) is 0.312. The number of ether oxygens (including phenoxy) is 1. The van der Waals surface area contributed by atoms with Crippen LogP contribution in [0, 0.1) is 0 Å². The molecule has 0 saturated carbocycles. The Morgan fingerprint density at radius 1 is 1.10 bits per heavy atom. The minimum atomic E-state index is -0.309. The third kappa shape index (κ3) is 7.91. The molecule has 1 aromatic heterocycles.